The molecule has 1 aliphatic heterocycles. The zero-order chi connectivity index (χ0) is 17.8. The van der Waals surface area contributed by atoms with Crippen molar-refractivity contribution in [1.82, 2.24) is 9.80 Å². The molecule has 0 atom stereocenters. The van der Waals surface area contributed by atoms with Gasteiger partial charge in [-0.3, -0.25) is 9.69 Å². The summed E-state index contributed by atoms with van der Waals surface area (Å²) in [5.74, 6) is 0.237. The Kier molecular flexibility index (Phi) is 6.49. The molecule has 0 unspecified atom stereocenters. The van der Waals surface area contributed by atoms with E-state index in [4.69, 9.17) is 0 Å². The van der Waals surface area contributed by atoms with Crippen LogP contribution in [0.5, 0.6) is 0 Å². The maximum Gasteiger partial charge on any atom is 0.227 e. The minimum absolute atomic E-state index is 0. The summed E-state index contributed by atoms with van der Waals surface area (Å²) in [6.07, 6.45) is 0.504. The van der Waals surface area contributed by atoms with Gasteiger partial charge in [0.2, 0.25) is 5.91 Å². The van der Waals surface area contributed by atoms with Crippen LogP contribution in [0.25, 0.3) is 10.8 Å². The fourth-order valence-corrected chi connectivity index (χ4v) is 3.71. The van der Waals surface area contributed by atoms with Crippen molar-refractivity contribution in [1.29, 1.82) is 0 Å². The van der Waals surface area contributed by atoms with Crippen molar-refractivity contribution in [3.8, 4) is 0 Å². The smallest absolute Gasteiger partial charge is 0.227 e. The molecule has 4 heteroatoms. The van der Waals surface area contributed by atoms with Crippen molar-refractivity contribution >= 4 is 29.1 Å². The van der Waals surface area contributed by atoms with Crippen LogP contribution in [0.2, 0.25) is 0 Å². The number of halogens is 1. The number of fused-ring (bicyclic) bond motifs is 1. The molecule has 1 heterocycles. The van der Waals surface area contributed by atoms with Gasteiger partial charge in [-0.25, -0.2) is 0 Å². The number of rotatable bonds is 4. The Balaban J connectivity index is 0.00000210. The molecule has 27 heavy (non-hydrogen) atoms. The third-order valence-corrected chi connectivity index (χ3v) is 5.20. The Morgan fingerprint density at radius 1 is 0.778 bits per heavy atom. The van der Waals surface area contributed by atoms with E-state index in [2.05, 4.69) is 47.4 Å². The van der Waals surface area contributed by atoms with Crippen molar-refractivity contribution in [2.24, 2.45) is 0 Å². The highest BCUT2D eigenvalue weighted by molar-refractivity contribution is 5.86. The molecule has 1 saturated heterocycles. The van der Waals surface area contributed by atoms with Gasteiger partial charge in [-0.15, -0.1) is 12.4 Å². The van der Waals surface area contributed by atoms with Crippen molar-refractivity contribution in [3.05, 3.63) is 83.9 Å². The van der Waals surface area contributed by atoms with Crippen LogP contribution in [0.3, 0.4) is 0 Å². The van der Waals surface area contributed by atoms with E-state index in [1.165, 1.54) is 16.3 Å². The number of hydrogen-bond acceptors (Lipinski definition) is 2. The normalized spacial score (nSPS) is 14.7. The first kappa shape index (κ1) is 19.4. The number of benzene rings is 3. The molecule has 3 aromatic carbocycles. The van der Waals surface area contributed by atoms with Crippen molar-refractivity contribution in [2.45, 2.75) is 13.0 Å². The van der Waals surface area contributed by atoms with E-state index in [1.807, 2.05) is 35.2 Å². The lowest BCUT2D eigenvalue weighted by Crippen LogP contribution is -2.48. The predicted octanol–water partition coefficient (Wildman–Crippen LogP) is 4.15. The second kappa shape index (κ2) is 9.03. The fraction of sp³-hybridized carbons (Fsp3) is 0.261. The molecule has 1 amide bonds. The van der Waals surface area contributed by atoms with Gasteiger partial charge in [-0.05, 0) is 21.9 Å². The van der Waals surface area contributed by atoms with Crippen LogP contribution in [0.15, 0.2) is 72.8 Å². The topological polar surface area (TPSA) is 23.6 Å². The Hall–Kier alpha value is -2.36. The van der Waals surface area contributed by atoms with Gasteiger partial charge in [0.15, 0.2) is 0 Å². The first-order valence-corrected chi connectivity index (χ1v) is 9.30. The molecule has 0 radical (unpaired) electrons. The number of carbonyl (C=O) groups excluding carboxylic acids is 1. The van der Waals surface area contributed by atoms with Gasteiger partial charge in [-0.1, -0.05) is 72.8 Å². The van der Waals surface area contributed by atoms with Crippen molar-refractivity contribution in [2.75, 3.05) is 26.2 Å². The van der Waals surface area contributed by atoms with Gasteiger partial charge in [0.25, 0.3) is 0 Å². The molecule has 0 N–H and O–H groups in total. The van der Waals surface area contributed by atoms with Gasteiger partial charge in [-0.2, -0.15) is 0 Å². The van der Waals surface area contributed by atoms with E-state index < -0.39 is 0 Å². The molecule has 0 aromatic heterocycles. The zero-order valence-electron chi connectivity index (χ0n) is 15.4. The number of piperazine rings is 1. The van der Waals surface area contributed by atoms with Crippen LogP contribution in [0.1, 0.15) is 11.1 Å². The fourth-order valence-electron chi connectivity index (χ4n) is 3.71. The summed E-state index contributed by atoms with van der Waals surface area (Å²) in [4.78, 5) is 17.0. The molecule has 140 valence electrons. The zero-order valence-corrected chi connectivity index (χ0v) is 16.2. The molecule has 0 saturated carbocycles. The first-order chi connectivity index (χ1) is 12.8. The summed E-state index contributed by atoms with van der Waals surface area (Å²) in [6.45, 7) is 4.45. The van der Waals surface area contributed by atoms with E-state index in [0.29, 0.717) is 6.42 Å². The molecule has 1 fully saturated rings. The Bertz CT molecular complexity index is 884. The van der Waals surface area contributed by atoms with Crippen LogP contribution < -0.4 is 0 Å². The van der Waals surface area contributed by atoms with E-state index in [1.54, 1.807) is 0 Å². The first-order valence-electron chi connectivity index (χ1n) is 9.30. The van der Waals surface area contributed by atoms with Crippen LogP contribution in [-0.4, -0.2) is 41.9 Å². The van der Waals surface area contributed by atoms with E-state index in [-0.39, 0.29) is 18.3 Å². The Labute approximate surface area is 167 Å². The maximum atomic E-state index is 12.5. The van der Waals surface area contributed by atoms with Crippen LogP contribution in [0, 0.1) is 0 Å². The summed E-state index contributed by atoms with van der Waals surface area (Å²) in [5.41, 5.74) is 2.46. The van der Waals surface area contributed by atoms with E-state index in [9.17, 15) is 4.79 Å². The molecule has 0 spiro atoms. The van der Waals surface area contributed by atoms with Gasteiger partial charge in [0, 0.05) is 32.7 Å². The van der Waals surface area contributed by atoms with E-state index in [0.717, 1.165) is 38.3 Å². The van der Waals surface area contributed by atoms with Crippen LogP contribution in [-0.2, 0) is 17.8 Å². The molecular formula is C23H25ClN2O. The molecule has 0 aliphatic carbocycles. The van der Waals surface area contributed by atoms with Crippen molar-refractivity contribution < 1.29 is 4.79 Å². The van der Waals surface area contributed by atoms with Crippen LogP contribution in [0.4, 0.5) is 0 Å². The summed E-state index contributed by atoms with van der Waals surface area (Å²) >= 11 is 0. The Morgan fingerprint density at radius 3 is 2.22 bits per heavy atom. The lowest BCUT2D eigenvalue weighted by Gasteiger charge is -2.35. The van der Waals surface area contributed by atoms with Crippen molar-refractivity contribution in [3.63, 3.8) is 0 Å². The summed E-state index contributed by atoms with van der Waals surface area (Å²) in [6, 6.07) is 25.1. The van der Waals surface area contributed by atoms with E-state index >= 15 is 0 Å². The molecular weight excluding hydrogens is 356 g/mol. The molecule has 3 nitrogen and oxygen atoms in total. The highest BCUT2D eigenvalue weighted by Gasteiger charge is 2.21. The average Bonchev–Trinajstić information content (AvgIpc) is 2.70. The highest BCUT2D eigenvalue weighted by atomic mass is 35.5. The minimum atomic E-state index is 0. The summed E-state index contributed by atoms with van der Waals surface area (Å²) in [7, 11) is 0. The number of carbonyl (C=O) groups is 1. The second-order valence-corrected chi connectivity index (χ2v) is 6.96. The Morgan fingerprint density at radius 2 is 1.44 bits per heavy atom. The number of amides is 1. The number of nitrogens with zero attached hydrogens (tertiary/aromatic N) is 2. The van der Waals surface area contributed by atoms with Gasteiger partial charge in [0.1, 0.15) is 0 Å². The molecule has 3 aromatic rings. The third kappa shape index (κ3) is 4.68. The predicted molar refractivity (Wildman–Crippen MR) is 113 cm³/mol. The number of hydrogen-bond donors (Lipinski definition) is 0. The van der Waals surface area contributed by atoms with Gasteiger partial charge < -0.3 is 4.90 Å². The largest absolute Gasteiger partial charge is 0.340 e. The SMILES string of the molecule is Cl.O=C(Cc1ccccc1)N1CCN(Cc2cccc3ccccc23)CC1. The molecule has 0 bridgehead atoms. The quantitative estimate of drug-likeness (QED) is 0.678. The average molecular weight is 381 g/mol. The summed E-state index contributed by atoms with van der Waals surface area (Å²) in [5, 5.41) is 2.62. The highest BCUT2D eigenvalue weighted by Crippen LogP contribution is 2.20. The summed E-state index contributed by atoms with van der Waals surface area (Å²) < 4.78 is 0. The monoisotopic (exact) mass is 380 g/mol. The van der Waals surface area contributed by atoms with Gasteiger partial charge >= 0.3 is 0 Å². The third-order valence-electron chi connectivity index (χ3n) is 5.20. The second-order valence-electron chi connectivity index (χ2n) is 6.96. The standard InChI is InChI=1S/C23H24N2O.ClH/c26-23(17-19-7-2-1-3-8-19)25-15-13-24(14-16-25)18-21-11-6-10-20-9-4-5-12-22(20)21;/h1-12H,13-18H2;1H. The minimum Gasteiger partial charge on any atom is -0.340 e. The van der Waals surface area contributed by atoms with Crippen LogP contribution >= 0.6 is 12.4 Å². The molecule has 4 rings (SSSR count). The van der Waals surface area contributed by atoms with Gasteiger partial charge in [0.05, 0.1) is 6.42 Å². The maximum absolute atomic E-state index is 12.5. The lowest BCUT2D eigenvalue weighted by atomic mass is 10.0. The lowest BCUT2D eigenvalue weighted by molar-refractivity contribution is -0.132. The molecule has 1 aliphatic rings.